The number of fused-ring (bicyclic) bond motifs is 1. The van der Waals surface area contributed by atoms with Crippen LogP contribution < -0.4 is 5.32 Å². The highest BCUT2D eigenvalue weighted by Gasteiger charge is 2.31. The number of nitrogens with one attached hydrogen (secondary N) is 1. The zero-order valence-corrected chi connectivity index (χ0v) is 15.6. The summed E-state index contributed by atoms with van der Waals surface area (Å²) in [4.78, 5) is 16.7. The second-order valence-corrected chi connectivity index (χ2v) is 7.27. The largest absolute Gasteiger partial charge is 0.444 e. The molecule has 4 nitrogen and oxygen atoms in total. The van der Waals surface area contributed by atoms with Gasteiger partial charge in [-0.25, -0.2) is 9.78 Å². The van der Waals surface area contributed by atoms with Gasteiger partial charge < -0.3 is 4.74 Å². The second kappa shape index (κ2) is 7.14. The van der Waals surface area contributed by atoms with Crippen molar-refractivity contribution in [1.29, 1.82) is 0 Å². The van der Waals surface area contributed by atoms with Crippen LogP contribution in [0.25, 0.3) is 22.2 Å². The van der Waals surface area contributed by atoms with E-state index in [1.807, 2.05) is 30.3 Å². The fraction of sp³-hybridized carbons (Fsp3) is 0.238. The van der Waals surface area contributed by atoms with E-state index in [2.05, 4.69) is 10.3 Å². The molecule has 146 valence electrons. The fourth-order valence-corrected chi connectivity index (χ4v) is 2.68. The van der Waals surface area contributed by atoms with E-state index < -0.39 is 23.4 Å². The Kier molecular flexibility index (Phi) is 5.02. The van der Waals surface area contributed by atoms with Gasteiger partial charge in [0.05, 0.1) is 22.5 Å². The Bertz CT molecular complexity index is 1020. The van der Waals surface area contributed by atoms with E-state index in [9.17, 15) is 18.0 Å². The van der Waals surface area contributed by atoms with Gasteiger partial charge in [-0.05, 0) is 45.0 Å². The molecule has 0 spiro atoms. The average Bonchev–Trinajstić information content (AvgIpc) is 2.59. The zero-order valence-electron chi connectivity index (χ0n) is 15.6. The second-order valence-electron chi connectivity index (χ2n) is 7.27. The smallest absolute Gasteiger partial charge is 0.416 e. The summed E-state index contributed by atoms with van der Waals surface area (Å²) < 4.78 is 44.7. The van der Waals surface area contributed by atoms with E-state index >= 15 is 0 Å². The topological polar surface area (TPSA) is 51.2 Å². The molecular formula is C21H19F3N2O2. The van der Waals surface area contributed by atoms with Crippen LogP contribution in [0.3, 0.4) is 0 Å². The van der Waals surface area contributed by atoms with E-state index in [0.717, 1.165) is 17.5 Å². The Labute approximate surface area is 160 Å². The molecule has 1 aromatic heterocycles. The molecule has 1 N–H and O–H groups in total. The lowest BCUT2D eigenvalue weighted by Gasteiger charge is -2.21. The van der Waals surface area contributed by atoms with Crippen LogP contribution in [-0.2, 0) is 10.9 Å². The number of ether oxygens (including phenoxy) is 1. The molecule has 0 radical (unpaired) electrons. The Morgan fingerprint density at radius 1 is 1.00 bits per heavy atom. The van der Waals surface area contributed by atoms with Gasteiger partial charge in [0.1, 0.15) is 5.60 Å². The minimum atomic E-state index is -4.54. The van der Waals surface area contributed by atoms with Crippen LogP contribution >= 0.6 is 0 Å². The third-order valence-corrected chi connectivity index (χ3v) is 3.86. The number of carbonyl (C=O) groups is 1. The molecule has 3 rings (SSSR count). The zero-order chi connectivity index (χ0) is 20.5. The van der Waals surface area contributed by atoms with E-state index in [1.54, 1.807) is 26.8 Å². The molecule has 0 atom stereocenters. The van der Waals surface area contributed by atoms with E-state index in [4.69, 9.17) is 4.74 Å². The third kappa shape index (κ3) is 4.60. The molecule has 0 aliphatic carbocycles. The number of halogens is 3. The maximum absolute atomic E-state index is 13.2. The van der Waals surface area contributed by atoms with Crippen LogP contribution in [0.5, 0.6) is 0 Å². The van der Waals surface area contributed by atoms with Gasteiger partial charge in [0, 0.05) is 10.9 Å². The first-order valence-corrected chi connectivity index (χ1v) is 8.60. The molecule has 0 bridgehead atoms. The number of benzene rings is 2. The number of hydrogen-bond donors (Lipinski definition) is 1. The lowest BCUT2D eigenvalue weighted by molar-refractivity contribution is -0.137. The number of aromatic nitrogens is 1. The maximum Gasteiger partial charge on any atom is 0.416 e. The first kappa shape index (κ1) is 19.7. The first-order chi connectivity index (χ1) is 13.0. The minimum absolute atomic E-state index is 0.0214. The molecule has 1 heterocycles. The van der Waals surface area contributed by atoms with Crippen LogP contribution in [0, 0.1) is 0 Å². The van der Waals surface area contributed by atoms with Crippen molar-refractivity contribution in [2.45, 2.75) is 32.5 Å². The Morgan fingerprint density at radius 2 is 1.71 bits per heavy atom. The number of rotatable bonds is 2. The van der Waals surface area contributed by atoms with Gasteiger partial charge in [-0.2, -0.15) is 13.2 Å². The van der Waals surface area contributed by atoms with Gasteiger partial charge in [-0.1, -0.05) is 30.3 Å². The van der Waals surface area contributed by atoms with Gasteiger partial charge in [0.25, 0.3) is 0 Å². The minimum Gasteiger partial charge on any atom is -0.444 e. The van der Waals surface area contributed by atoms with E-state index in [0.29, 0.717) is 16.8 Å². The molecule has 28 heavy (non-hydrogen) atoms. The molecule has 0 fully saturated rings. The molecule has 3 aromatic rings. The highest BCUT2D eigenvalue weighted by atomic mass is 19.4. The lowest BCUT2D eigenvalue weighted by Crippen LogP contribution is -2.27. The summed E-state index contributed by atoms with van der Waals surface area (Å²) >= 11 is 0. The summed E-state index contributed by atoms with van der Waals surface area (Å²) in [6.07, 6.45) is -5.38. The predicted molar refractivity (Wildman–Crippen MR) is 102 cm³/mol. The Hall–Kier alpha value is -3.09. The molecule has 0 saturated carbocycles. The molecule has 0 saturated heterocycles. The number of anilines is 1. The third-order valence-electron chi connectivity index (χ3n) is 3.86. The van der Waals surface area contributed by atoms with Crippen molar-refractivity contribution >= 4 is 22.7 Å². The Morgan fingerprint density at radius 3 is 2.39 bits per heavy atom. The van der Waals surface area contributed by atoms with Crippen molar-refractivity contribution in [2.24, 2.45) is 0 Å². The van der Waals surface area contributed by atoms with Gasteiger partial charge in [0.15, 0.2) is 0 Å². The van der Waals surface area contributed by atoms with Gasteiger partial charge in [-0.15, -0.1) is 0 Å². The molecule has 1 amide bonds. The van der Waals surface area contributed by atoms with Crippen LogP contribution in [0.2, 0.25) is 0 Å². The molecule has 7 heteroatoms. The predicted octanol–water partition coefficient (Wildman–Crippen LogP) is 6.27. The Balaban J connectivity index is 2.06. The summed E-state index contributed by atoms with van der Waals surface area (Å²) in [6.45, 7) is 5.01. The van der Waals surface area contributed by atoms with Gasteiger partial charge >= 0.3 is 12.3 Å². The number of carbonyl (C=O) groups excluding carboxylic acids is 1. The number of hydrogen-bond acceptors (Lipinski definition) is 3. The average molecular weight is 388 g/mol. The van der Waals surface area contributed by atoms with E-state index in [-0.39, 0.29) is 5.69 Å². The molecule has 0 aliphatic rings. The van der Waals surface area contributed by atoms with Crippen LogP contribution in [0.15, 0.2) is 54.6 Å². The van der Waals surface area contributed by atoms with Gasteiger partial charge in [0.2, 0.25) is 0 Å². The normalized spacial score (nSPS) is 12.1. The monoisotopic (exact) mass is 388 g/mol. The quantitative estimate of drug-likeness (QED) is 0.563. The SMILES string of the molecule is CC(C)(C)OC(=O)Nc1cc(C(F)(F)F)ccc1-c1ccc2ccccc2n1. The van der Waals surface area contributed by atoms with Crippen LogP contribution in [0.1, 0.15) is 26.3 Å². The summed E-state index contributed by atoms with van der Waals surface area (Å²) in [7, 11) is 0. The fourth-order valence-electron chi connectivity index (χ4n) is 2.68. The van der Waals surface area contributed by atoms with Crippen molar-refractivity contribution in [2.75, 3.05) is 5.32 Å². The van der Waals surface area contributed by atoms with Crippen molar-refractivity contribution in [3.63, 3.8) is 0 Å². The molecule has 0 aliphatic heterocycles. The van der Waals surface area contributed by atoms with E-state index in [1.165, 1.54) is 6.07 Å². The summed E-state index contributed by atoms with van der Waals surface area (Å²) in [6, 6.07) is 14.1. The molecule has 0 unspecified atom stereocenters. The number of para-hydroxylation sites is 1. The van der Waals surface area contributed by atoms with Crippen molar-refractivity contribution < 1.29 is 22.7 Å². The number of nitrogens with zero attached hydrogens (tertiary/aromatic N) is 1. The first-order valence-electron chi connectivity index (χ1n) is 8.60. The maximum atomic E-state index is 13.2. The molecular weight excluding hydrogens is 369 g/mol. The summed E-state index contributed by atoms with van der Waals surface area (Å²) in [5.74, 6) is 0. The van der Waals surface area contributed by atoms with Crippen LogP contribution in [0.4, 0.5) is 23.7 Å². The highest BCUT2D eigenvalue weighted by molar-refractivity contribution is 5.92. The standard InChI is InChI=1S/C21H19F3N2O2/c1-20(2,3)28-19(27)26-18-12-14(21(22,23)24)9-10-15(18)17-11-8-13-6-4-5-7-16(13)25-17/h4-12H,1-3H3,(H,26,27). The number of alkyl halides is 3. The number of pyridine rings is 1. The van der Waals surface area contributed by atoms with Crippen LogP contribution in [-0.4, -0.2) is 16.7 Å². The lowest BCUT2D eigenvalue weighted by atomic mass is 10.0. The highest BCUT2D eigenvalue weighted by Crippen LogP contribution is 2.36. The van der Waals surface area contributed by atoms with Crippen molar-refractivity contribution in [1.82, 2.24) is 4.98 Å². The summed E-state index contributed by atoms with van der Waals surface area (Å²) in [5, 5.41) is 3.33. The van der Waals surface area contributed by atoms with Gasteiger partial charge in [-0.3, -0.25) is 5.32 Å². The number of amides is 1. The van der Waals surface area contributed by atoms with Crippen molar-refractivity contribution in [3.8, 4) is 11.3 Å². The summed E-state index contributed by atoms with van der Waals surface area (Å²) in [5.41, 5.74) is -0.172. The molecule has 2 aromatic carbocycles. The van der Waals surface area contributed by atoms with Crippen molar-refractivity contribution in [3.05, 3.63) is 60.2 Å².